The molecule has 5 nitrogen and oxygen atoms in total. The van der Waals surface area contributed by atoms with Crippen molar-refractivity contribution in [3.8, 4) is 32.8 Å². The van der Waals surface area contributed by atoms with Gasteiger partial charge in [0, 0.05) is 4.88 Å². The second kappa shape index (κ2) is 7.58. The largest absolute Gasteiger partial charge is 0.489 e. The predicted octanol–water partition coefficient (Wildman–Crippen LogP) is 4.93. The Kier molecular flexibility index (Phi) is 4.83. The van der Waals surface area contributed by atoms with Gasteiger partial charge >= 0.3 is 0 Å². The van der Waals surface area contributed by atoms with E-state index >= 15 is 0 Å². The van der Waals surface area contributed by atoms with Crippen LogP contribution in [0.3, 0.4) is 0 Å². The summed E-state index contributed by atoms with van der Waals surface area (Å²) >= 11 is 1.50. The number of nitrogens with one attached hydrogen (secondary N) is 1. The number of aromatic amines is 1. The van der Waals surface area contributed by atoms with E-state index in [2.05, 4.69) is 15.4 Å². The smallest absolute Gasteiger partial charge is 0.191 e. The number of benzene rings is 2. The van der Waals surface area contributed by atoms with Crippen molar-refractivity contribution in [2.45, 2.75) is 6.61 Å². The SMILES string of the molecule is N#Cc1n[nH]nc1-c1ccc(-c2ccc(OCc3ccc(F)c(F)c3)cc2)s1. The highest BCUT2D eigenvalue weighted by atomic mass is 32.1. The quantitative estimate of drug-likeness (QED) is 0.521. The molecular formula is C20H12F2N4OS. The lowest BCUT2D eigenvalue weighted by Gasteiger charge is -2.07. The summed E-state index contributed by atoms with van der Waals surface area (Å²) in [7, 11) is 0. The molecule has 0 radical (unpaired) electrons. The van der Waals surface area contributed by atoms with Gasteiger partial charge in [-0.15, -0.1) is 16.4 Å². The lowest BCUT2D eigenvalue weighted by atomic mass is 10.2. The summed E-state index contributed by atoms with van der Waals surface area (Å²) in [6, 6.07) is 17.0. The Balaban J connectivity index is 1.46. The van der Waals surface area contributed by atoms with Gasteiger partial charge < -0.3 is 4.74 Å². The zero-order valence-corrected chi connectivity index (χ0v) is 15.1. The van der Waals surface area contributed by atoms with Gasteiger partial charge in [-0.3, -0.25) is 0 Å². The number of aromatic nitrogens is 3. The van der Waals surface area contributed by atoms with Gasteiger partial charge in [0.25, 0.3) is 0 Å². The van der Waals surface area contributed by atoms with Gasteiger partial charge in [-0.1, -0.05) is 6.07 Å². The maximum Gasteiger partial charge on any atom is 0.191 e. The first-order valence-corrected chi connectivity index (χ1v) is 9.04. The molecule has 0 aliphatic heterocycles. The maximum atomic E-state index is 13.2. The molecule has 138 valence electrons. The van der Waals surface area contributed by atoms with E-state index in [4.69, 9.17) is 10.00 Å². The van der Waals surface area contributed by atoms with Crippen LogP contribution in [0.1, 0.15) is 11.3 Å². The summed E-state index contributed by atoms with van der Waals surface area (Å²) in [5.41, 5.74) is 2.32. The van der Waals surface area contributed by atoms with Crippen LogP contribution in [0.15, 0.2) is 54.6 Å². The second-order valence-electron chi connectivity index (χ2n) is 5.86. The number of halogens is 2. The molecule has 2 aromatic heterocycles. The van der Waals surface area contributed by atoms with Gasteiger partial charge in [-0.25, -0.2) is 8.78 Å². The van der Waals surface area contributed by atoms with Crippen LogP contribution in [-0.2, 0) is 6.61 Å². The fraction of sp³-hybridized carbons (Fsp3) is 0.0500. The number of thiophene rings is 1. The molecule has 1 N–H and O–H groups in total. The Morgan fingerprint density at radius 3 is 2.50 bits per heavy atom. The number of hydrogen-bond acceptors (Lipinski definition) is 5. The summed E-state index contributed by atoms with van der Waals surface area (Å²) in [6.07, 6.45) is 0. The standard InChI is InChI=1S/C20H12F2N4OS/c21-15-6-1-12(9-16(15)22)11-27-14-4-2-13(3-5-14)18-7-8-19(28-18)20-17(10-23)24-26-25-20/h1-9H,11H2,(H,24,25,26). The van der Waals surface area contributed by atoms with Crippen LogP contribution in [0.25, 0.3) is 21.0 Å². The average Bonchev–Trinajstić information content (AvgIpc) is 3.38. The first-order chi connectivity index (χ1) is 13.6. The van der Waals surface area contributed by atoms with Gasteiger partial charge in [0.05, 0.1) is 4.88 Å². The van der Waals surface area contributed by atoms with Gasteiger partial charge in [-0.2, -0.15) is 15.6 Å². The van der Waals surface area contributed by atoms with Crippen molar-refractivity contribution in [1.82, 2.24) is 15.4 Å². The maximum absolute atomic E-state index is 13.2. The summed E-state index contributed by atoms with van der Waals surface area (Å²) < 4.78 is 31.8. The molecule has 0 amide bonds. The molecule has 0 aliphatic carbocycles. The molecule has 0 bridgehead atoms. The molecule has 0 saturated carbocycles. The number of nitrogens with zero attached hydrogens (tertiary/aromatic N) is 3. The lowest BCUT2D eigenvalue weighted by Crippen LogP contribution is -1.97. The van der Waals surface area contributed by atoms with Crippen molar-refractivity contribution in [2.24, 2.45) is 0 Å². The van der Waals surface area contributed by atoms with Gasteiger partial charge in [0.1, 0.15) is 24.1 Å². The Bertz CT molecular complexity index is 1160. The highest BCUT2D eigenvalue weighted by Crippen LogP contribution is 2.35. The highest BCUT2D eigenvalue weighted by molar-refractivity contribution is 7.18. The van der Waals surface area contributed by atoms with E-state index in [1.165, 1.54) is 17.4 Å². The normalized spacial score (nSPS) is 10.6. The van der Waals surface area contributed by atoms with Crippen molar-refractivity contribution in [3.63, 3.8) is 0 Å². The number of H-pyrrole nitrogens is 1. The van der Waals surface area contributed by atoms with Gasteiger partial charge in [0.2, 0.25) is 0 Å². The second-order valence-corrected chi connectivity index (χ2v) is 6.94. The van der Waals surface area contributed by atoms with E-state index in [0.717, 1.165) is 27.5 Å². The summed E-state index contributed by atoms with van der Waals surface area (Å²) in [5, 5.41) is 19.4. The highest BCUT2D eigenvalue weighted by Gasteiger charge is 2.13. The van der Waals surface area contributed by atoms with Crippen LogP contribution in [-0.4, -0.2) is 15.4 Å². The first-order valence-electron chi connectivity index (χ1n) is 8.22. The Morgan fingerprint density at radius 2 is 1.75 bits per heavy atom. The van der Waals surface area contributed by atoms with Crippen molar-refractivity contribution >= 4 is 11.3 Å². The van der Waals surface area contributed by atoms with Gasteiger partial charge in [0.15, 0.2) is 17.3 Å². The van der Waals surface area contributed by atoms with Crippen LogP contribution in [0.5, 0.6) is 5.75 Å². The lowest BCUT2D eigenvalue weighted by molar-refractivity contribution is 0.305. The molecule has 2 heterocycles. The van der Waals surface area contributed by atoms with E-state index in [1.807, 2.05) is 42.5 Å². The minimum atomic E-state index is -0.892. The van der Waals surface area contributed by atoms with E-state index < -0.39 is 11.6 Å². The molecule has 0 fully saturated rings. The van der Waals surface area contributed by atoms with E-state index in [1.54, 1.807) is 0 Å². The first kappa shape index (κ1) is 17.8. The summed E-state index contributed by atoms with van der Waals surface area (Å²) in [6.45, 7) is 0.142. The number of ether oxygens (including phenoxy) is 1. The molecule has 28 heavy (non-hydrogen) atoms. The van der Waals surface area contributed by atoms with Crippen molar-refractivity contribution < 1.29 is 13.5 Å². The Labute approximate surface area is 162 Å². The Hall–Kier alpha value is -3.57. The molecule has 0 unspecified atom stereocenters. The number of nitriles is 1. The third-order valence-corrected chi connectivity index (χ3v) is 5.16. The zero-order valence-electron chi connectivity index (χ0n) is 14.3. The topological polar surface area (TPSA) is 74.6 Å². The van der Waals surface area contributed by atoms with E-state index in [9.17, 15) is 8.78 Å². The minimum Gasteiger partial charge on any atom is -0.489 e. The third kappa shape index (κ3) is 3.61. The van der Waals surface area contributed by atoms with Crippen LogP contribution in [0, 0.1) is 23.0 Å². The van der Waals surface area contributed by atoms with Crippen molar-refractivity contribution in [2.75, 3.05) is 0 Å². The fourth-order valence-corrected chi connectivity index (χ4v) is 3.61. The summed E-state index contributed by atoms with van der Waals surface area (Å²) in [5.74, 6) is -1.15. The van der Waals surface area contributed by atoms with Crippen molar-refractivity contribution in [1.29, 1.82) is 5.26 Å². The molecule has 4 aromatic rings. The third-order valence-electron chi connectivity index (χ3n) is 4.02. The summed E-state index contributed by atoms with van der Waals surface area (Å²) in [4.78, 5) is 1.85. The fourth-order valence-electron chi connectivity index (χ4n) is 2.61. The molecule has 2 aromatic carbocycles. The van der Waals surface area contributed by atoms with E-state index in [0.29, 0.717) is 17.0 Å². The van der Waals surface area contributed by atoms with Crippen molar-refractivity contribution in [3.05, 3.63) is 77.5 Å². The molecule has 0 atom stereocenters. The number of rotatable bonds is 5. The Morgan fingerprint density at radius 1 is 0.964 bits per heavy atom. The average molecular weight is 394 g/mol. The van der Waals surface area contributed by atoms with E-state index in [-0.39, 0.29) is 12.3 Å². The molecule has 0 spiro atoms. The van der Waals surface area contributed by atoms with Gasteiger partial charge in [-0.05, 0) is 59.7 Å². The van der Waals surface area contributed by atoms with Crippen LogP contribution in [0.4, 0.5) is 8.78 Å². The van der Waals surface area contributed by atoms with Crippen LogP contribution in [0.2, 0.25) is 0 Å². The zero-order chi connectivity index (χ0) is 19.5. The molecule has 8 heteroatoms. The predicted molar refractivity (Wildman–Crippen MR) is 101 cm³/mol. The molecular weight excluding hydrogens is 382 g/mol. The minimum absolute atomic E-state index is 0.142. The van der Waals surface area contributed by atoms with Crippen LogP contribution < -0.4 is 4.74 Å². The van der Waals surface area contributed by atoms with Crippen LogP contribution >= 0.6 is 11.3 Å². The monoisotopic (exact) mass is 394 g/mol. The molecule has 0 aliphatic rings. The molecule has 0 saturated heterocycles. The molecule has 4 rings (SSSR count). The number of hydrogen-bond donors (Lipinski definition) is 1.